The van der Waals surface area contributed by atoms with E-state index < -0.39 is 0 Å². The Labute approximate surface area is 139 Å². The highest BCUT2D eigenvalue weighted by molar-refractivity contribution is 6.09. The van der Waals surface area contributed by atoms with Crippen LogP contribution < -0.4 is 10.1 Å². The number of aliphatic hydroxyl groups excluding tert-OH is 1. The second-order valence-electron chi connectivity index (χ2n) is 5.30. The largest absolute Gasteiger partial charge is 0.497 e. The van der Waals surface area contributed by atoms with Crippen molar-refractivity contribution >= 4 is 17.5 Å². The molecule has 2 aromatic carbocycles. The van der Waals surface area contributed by atoms with Gasteiger partial charge < -0.3 is 19.9 Å². The Kier molecular flexibility index (Phi) is 4.77. The number of nitrogens with zero attached hydrogens (tertiary/aromatic N) is 1. The van der Waals surface area contributed by atoms with E-state index in [2.05, 4.69) is 10.3 Å². The van der Waals surface area contributed by atoms with Crippen molar-refractivity contribution in [1.82, 2.24) is 0 Å². The van der Waals surface area contributed by atoms with Crippen LogP contribution in [-0.4, -0.2) is 43.3 Å². The third-order valence-corrected chi connectivity index (χ3v) is 3.68. The van der Waals surface area contributed by atoms with Crippen molar-refractivity contribution in [2.24, 2.45) is 4.99 Å². The van der Waals surface area contributed by atoms with E-state index in [-0.39, 0.29) is 18.6 Å². The van der Waals surface area contributed by atoms with Crippen molar-refractivity contribution < 1.29 is 19.4 Å². The van der Waals surface area contributed by atoms with Gasteiger partial charge in [-0.1, -0.05) is 12.1 Å². The van der Waals surface area contributed by atoms with E-state index >= 15 is 0 Å². The minimum Gasteiger partial charge on any atom is -0.497 e. The quantitative estimate of drug-likeness (QED) is 0.881. The first kappa shape index (κ1) is 16.0. The molecular formula is C18H18N2O4. The van der Waals surface area contributed by atoms with Gasteiger partial charge in [0.05, 0.1) is 31.5 Å². The standard InChI is InChI=1S/C18H18N2O4/c1-23-13-8-6-12(7-9-13)17(22)20-16-5-3-2-4-15(16)18-19-10-14(11-21)24-18/h2-9,14,21H,10-11H2,1H3,(H,20,22). The average Bonchev–Trinajstić information content (AvgIpc) is 3.11. The van der Waals surface area contributed by atoms with Crippen molar-refractivity contribution in [3.63, 3.8) is 0 Å². The molecule has 6 heteroatoms. The Morgan fingerprint density at radius 1 is 1.29 bits per heavy atom. The number of nitrogens with one attached hydrogen (secondary N) is 1. The number of ether oxygens (including phenoxy) is 2. The van der Waals surface area contributed by atoms with Crippen LogP contribution in [0.2, 0.25) is 0 Å². The number of hydrogen-bond donors (Lipinski definition) is 2. The summed E-state index contributed by atoms with van der Waals surface area (Å²) >= 11 is 0. The first-order valence-corrected chi connectivity index (χ1v) is 7.58. The monoisotopic (exact) mass is 326 g/mol. The summed E-state index contributed by atoms with van der Waals surface area (Å²) in [4.78, 5) is 16.7. The van der Waals surface area contributed by atoms with Crippen molar-refractivity contribution in [1.29, 1.82) is 0 Å². The lowest BCUT2D eigenvalue weighted by molar-refractivity contribution is 0.102. The highest BCUT2D eigenvalue weighted by Gasteiger charge is 2.22. The van der Waals surface area contributed by atoms with Crippen molar-refractivity contribution in [3.8, 4) is 5.75 Å². The number of aliphatic hydroxyl groups is 1. The van der Waals surface area contributed by atoms with E-state index in [9.17, 15) is 4.79 Å². The van der Waals surface area contributed by atoms with Gasteiger partial charge in [0.2, 0.25) is 5.90 Å². The van der Waals surface area contributed by atoms with Crippen LogP contribution in [0.1, 0.15) is 15.9 Å². The number of amides is 1. The predicted octanol–water partition coefficient (Wildman–Crippen LogP) is 2.09. The smallest absolute Gasteiger partial charge is 0.255 e. The zero-order valence-electron chi connectivity index (χ0n) is 13.2. The number of aliphatic imine (C=N–C) groups is 1. The Balaban J connectivity index is 1.79. The summed E-state index contributed by atoms with van der Waals surface area (Å²) in [5.41, 5.74) is 1.82. The highest BCUT2D eigenvalue weighted by Crippen LogP contribution is 2.21. The Hall–Kier alpha value is -2.86. The molecule has 1 aliphatic heterocycles. The van der Waals surface area contributed by atoms with Crippen molar-refractivity contribution in [2.75, 3.05) is 25.6 Å². The van der Waals surface area contributed by atoms with E-state index in [1.54, 1.807) is 37.4 Å². The number of hydrogen-bond acceptors (Lipinski definition) is 5. The molecule has 6 nitrogen and oxygen atoms in total. The zero-order valence-corrected chi connectivity index (χ0v) is 13.2. The van der Waals surface area contributed by atoms with Crippen LogP contribution >= 0.6 is 0 Å². The number of rotatable bonds is 5. The van der Waals surface area contributed by atoms with Crippen LogP contribution in [0.4, 0.5) is 5.69 Å². The van der Waals surface area contributed by atoms with Gasteiger partial charge in [-0.05, 0) is 36.4 Å². The maximum absolute atomic E-state index is 12.4. The molecular weight excluding hydrogens is 308 g/mol. The lowest BCUT2D eigenvalue weighted by Crippen LogP contribution is -2.19. The Bertz CT molecular complexity index is 756. The van der Waals surface area contributed by atoms with Crippen LogP contribution in [0.15, 0.2) is 53.5 Å². The van der Waals surface area contributed by atoms with Gasteiger partial charge in [0.15, 0.2) is 0 Å². The summed E-state index contributed by atoms with van der Waals surface area (Å²) in [6.45, 7) is 0.319. The van der Waals surface area contributed by atoms with Gasteiger partial charge >= 0.3 is 0 Å². The fourth-order valence-corrected chi connectivity index (χ4v) is 2.38. The lowest BCUT2D eigenvalue weighted by atomic mass is 10.1. The van der Waals surface area contributed by atoms with Gasteiger partial charge in [-0.2, -0.15) is 0 Å². The van der Waals surface area contributed by atoms with E-state index in [1.807, 2.05) is 18.2 Å². The molecule has 0 saturated carbocycles. The van der Waals surface area contributed by atoms with Gasteiger partial charge in [0, 0.05) is 5.56 Å². The molecule has 1 atom stereocenters. The van der Waals surface area contributed by atoms with E-state index in [0.29, 0.717) is 35.0 Å². The lowest BCUT2D eigenvalue weighted by Gasteiger charge is -2.13. The number of methoxy groups -OCH3 is 1. The first-order valence-electron chi connectivity index (χ1n) is 7.58. The van der Waals surface area contributed by atoms with Crippen LogP contribution in [0.25, 0.3) is 0 Å². The molecule has 0 radical (unpaired) electrons. The molecule has 1 amide bonds. The summed E-state index contributed by atoms with van der Waals surface area (Å²) in [6, 6.07) is 14.1. The molecule has 0 spiro atoms. The topological polar surface area (TPSA) is 80.2 Å². The van der Waals surface area contributed by atoms with E-state index in [0.717, 1.165) is 0 Å². The number of benzene rings is 2. The molecule has 0 aromatic heterocycles. The second-order valence-corrected chi connectivity index (χ2v) is 5.30. The fraction of sp³-hybridized carbons (Fsp3) is 0.222. The maximum Gasteiger partial charge on any atom is 0.255 e. The van der Waals surface area contributed by atoms with Crippen LogP contribution in [0.5, 0.6) is 5.75 Å². The average molecular weight is 326 g/mol. The van der Waals surface area contributed by atoms with Crippen LogP contribution in [-0.2, 0) is 4.74 Å². The van der Waals surface area contributed by atoms with E-state index in [4.69, 9.17) is 14.6 Å². The molecule has 0 bridgehead atoms. The zero-order chi connectivity index (χ0) is 16.9. The molecule has 1 unspecified atom stereocenters. The Morgan fingerprint density at radius 3 is 2.71 bits per heavy atom. The van der Waals surface area contributed by atoms with Gasteiger partial charge in [0.25, 0.3) is 5.91 Å². The molecule has 1 heterocycles. The van der Waals surface area contributed by atoms with Gasteiger partial charge in [0.1, 0.15) is 11.9 Å². The molecule has 24 heavy (non-hydrogen) atoms. The second kappa shape index (κ2) is 7.14. The van der Waals surface area contributed by atoms with Crippen molar-refractivity contribution in [3.05, 3.63) is 59.7 Å². The molecule has 124 valence electrons. The Morgan fingerprint density at radius 2 is 2.04 bits per heavy atom. The summed E-state index contributed by atoms with van der Waals surface area (Å²) in [5.74, 6) is 0.887. The SMILES string of the molecule is COc1ccc(C(=O)Nc2ccccc2C2=NCC(CO)O2)cc1. The summed E-state index contributed by atoms with van der Waals surface area (Å²) in [7, 11) is 1.58. The summed E-state index contributed by atoms with van der Waals surface area (Å²) in [5, 5.41) is 12.0. The minimum absolute atomic E-state index is 0.0899. The number of para-hydroxylation sites is 1. The predicted molar refractivity (Wildman–Crippen MR) is 90.8 cm³/mol. The van der Waals surface area contributed by atoms with Gasteiger partial charge in [-0.15, -0.1) is 0 Å². The van der Waals surface area contributed by atoms with Crippen LogP contribution in [0.3, 0.4) is 0 Å². The molecule has 3 rings (SSSR count). The molecule has 2 aromatic rings. The van der Waals surface area contributed by atoms with E-state index in [1.165, 1.54) is 0 Å². The molecule has 0 aliphatic carbocycles. The van der Waals surface area contributed by atoms with Crippen molar-refractivity contribution in [2.45, 2.75) is 6.10 Å². The van der Waals surface area contributed by atoms with Crippen LogP contribution in [0, 0.1) is 0 Å². The highest BCUT2D eigenvalue weighted by atomic mass is 16.5. The fourth-order valence-electron chi connectivity index (χ4n) is 2.38. The number of carbonyl (C=O) groups excluding carboxylic acids is 1. The summed E-state index contributed by atoms with van der Waals surface area (Å²) in [6.07, 6.45) is -0.328. The minimum atomic E-state index is -0.328. The molecule has 0 fully saturated rings. The number of anilines is 1. The third-order valence-electron chi connectivity index (χ3n) is 3.68. The molecule has 2 N–H and O–H groups in total. The first-order chi connectivity index (χ1) is 11.7. The van der Waals surface area contributed by atoms with Gasteiger partial charge in [-0.3, -0.25) is 4.79 Å². The molecule has 0 saturated heterocycles. The molecule has 1 aliphatic rings. The normalized spacial score (nSPS) is 16.2. The summed E-state index contributed by atoms with van der Waals surface area (Å²) < 4.78 is 10.7. The maximum atomic E-state index is 12.4. The number of carbonyl (C=O) groups is 1. The third kappa shape index (κ3) is 3.38. The van der Waals surface area contributed by atoms with Gasteiger partial charge in [-0.25, -0.2) is 4.99 Å².